The molecule has 2 aliphatic heterocycles. The molecule has 1 amide bonds. The smallest absolute Gasteiger partial charge is 0.298 e. The van der Waals surface area contributed by atoms with Crippen LogP contribution in [0.2, 0.25) is 0 Å². The zero-order chi connectivity index (χ0) is 28.8. The van der Waals surface area contributed by atoms with E-state index in [0.717, 1.165) is 65.9 Å². The number of nitrogens with one attached hydrogen (secondary N) is 1. The second kappa shape index (κ2) is 10.4. The molecule has 41 heavy (non-hydrogen) atoms. The SMILES string of the molecule is Cc1cc(C)nc(N2CCN3c4ccc(NC(=O)C(=O)c5c(-c6ccccc6)cc(C)n5C)cc4N(C)C[C@H]3C2)c1. The number of benzene rings is 2. The minimum atomic E-state index is -0.644. The van der Waals surface area contributed by atoms with Crippen molar-refractivity contribution in [2.45, 2.75) is 26.8 Å². The van der Waals surface area contributed by atoms with Crippen LogP contribution in [0.25, 0.3) is 11.1 Å². The molecule has 1 atom stereocenters. The molecule has 0 unspecified atom stereocenters. The fourth-order valence-corrected chi connectivity index (χ4v) is 6.22. The molecule has 0 bridgehead atoms. The number of carbonyl (C=O) groups is 2. The molecule has 8 heteroatoms. The number of piperazine rings is 1. The number of carbonyl (C=O) groups excluding carboxylic acids is 2. The van der Waals surface area contributed by atoms with Crippen LogP contribution in [0, 0.1) is 20.8 Å². The number of aromatic nitrogens is 2. The summed E-state index contributed by atoms with van der Waals surface area (Å²) < 4.78 is 1.79. The lowest BCUT2D eigenvalue weighted by Gasteiger charge is -2.49. The Labute approximate surface area is 241 Å². The van der Waals surface area contributed by atoms with Gasteiger partial charge in [0.2, 0.25) is 0 Å². The van der Waals surface area contributed by atoms with Gasteiger partial charge in [-0.25, -0.2) is 4.98 Å². The van der Waals surface area contributed by atoms with Crippen molar-refractivity contribution in [3.05, 3.63) is 89.4 Å². The first kappa shape index (κ1) is 26.6. The average Bonchev–Trinajstić information content (AvgIpc) is 3.26. The lowest BCUT2D eigenvalue weighted by molar-refractivity contribution is -0.112. The molecule has 1 saturated heterocycles. The highest BCUT2D eigenvalue weighted by Gasteiger charge is 2.35. The highest BCUT2D eigenvalue weighted by Crippen LogP contribution is 2.38. The van der Waals surface area contributed by atoms with Crippen molar-refractivity contribution in [1.82, 2.24) is 9.55 Å². The third-order valence-electron chi connectivity index (χ3n) is 8.31. The number of pyridine rings is 1. The van der Waals surface area contributed by atoms with Gasteiger partial charge in [-0.3, -0.25) is 9.59 Å². The summed E-state index contributed by atoms with van der Waals surface area (Å²) in [6, 6.07) is 22.2. The maximum atomic E-state index is 13.4. The maximum absolute atomic E-state index is 13.4. The first-order valence-electron chi connectivity index (χ1n) is 14.1. The Morgan fingerprint density at radius 2 is 1.66 bits per heavy atom. The van der Waals surface area contributed by atoms with Gasteiger partial charge in [0.15, 0.2) is 0 Å². The number of hydrogen-bond donors (Lipinski definition) is 1. The van der Waals surface area contributed by atoms with Crippen LogP contribution in [-0.4, -0.2) is 60.5 Å². The van der Waals surface area contributed by atoms with E-state index in [4.69, 9.17) is 4.98 Å². The number of likely N-dealkylation sites (N-methyl/N-ethyl adjacent to an activating group) is 1. The van der Waals surface area contributed by atoms with Gasteiger partial charge >= 0.3 is 0 Å². The summed E-state index contributed by atoms with van der Waals surface area (Å²) in [5.74, 6) is -0.155. The van der Waals surface area contributed by atoms with Gasteiger partial charge in [0, 0.05) is 62.9 Å². The second-order valence-corrected chi connectivity index (χ2v) is 11.3. The van der Waals surface area contributed by atoms with Crippen molar-refractivity contribution in [1.29, 1.82) is 0 Å². The molecule has 0 spiro atoms. The van der Waals surface area contributed by atoms with Crippen molar-refractivity contribution in [2.75, 3.05) is 53.2 Å². The number of hydrogen-bond acceptors (Lipinski definition) is 6. The molecule has 2 aromatic carbocycles. The van der Waals surface area contributed by atoms with Gasteiger partial charge in [-0.15, -0.1) is 0 Å². The summed E-state index contributed by atoms with van der Waals surface area (Å²) in [6.07, 6.45) is 0. The summed E-state index contributed by atoms with van der Waals surface area (Å²) in [7, 11) is 3.91. The Bertz CT molecular complexity index is 1620. The quantitative estimate of drug-likeness (QED) is 0.280. The standard InChI is InChI=1S/C33H36N6O2/c1-21-15-22(2)34-30(16-21)38-13-14-39-26(20-38)19-36(4)29-18-25(11-12-28(29)39)35-33(41)32(40)31-27(17-23(3)37(31)5)24-9-7-6-8-10-24/h6-12,15-18,26H,13-14,19-20H2,1-5H3,(H,35,41)/t26-/m0/s1. The number of rotatable bonds is 5. The Morgan fingerprint density at radius 3 is 2.41 bits per heavy atom. The van der Waals surface area contributed by atoms with Crippen LogP contribution < -0.4 is 20.0 Å². The molecule has 1 fully saturated rings. The van der Waals surface area contributed by atoms with Crippen molar-refractivity contribution < 1.29 is 9.59 Å². The fraction of sp³-hybridized carbons (Fsp3) is 0.303. The molecule has 2 aromatic heterocycles. The summed E-state index contributed by atoms with van der Waals surface area (Å²) in [4.78, 5) is 38.6. The molecule has 4 aromatic rings. The first-order chi connectivity index (χ1) is 19.7. The number of nitrogens with zero attached hydrogens (tertiary/aromatic N) is 5. The van der Waals surface area contributed by atoms with E-state index in [1.54, 1.807) is 4.57 Å². The van der Waals surface area contributed by atoms with E-state index in [2.05, 4.69) is 52.2 Å². The minimum absolute atomic E-state index is 0.322. The molecule has 2 aliphatic rings. The number of anilines is 4. The van der Waals surface area contributed by atoms with Crippen LogP contribution in [0.15, 0.2) is 66.7 Å². The predicted molar refractivity (Wildman–Crippen MR) is 165 cm³/mol. The average molecular weight is 549 g/mol. The highest BCUT2D eigenvalue weighted by molar-refractivity contribution is 6.47. The molecule has 0 aliphatic carbocycles. The van der Waals surface area contributed by atoms with Crippen LogP contribution in [0.4, 0.5) is 22.9 Å². The molecule has 8 nitrogen and oxygen atoms in total. The van der Waals surface area contributed by atoms with E-state index >= 15 is 0 Å². The molecule has 0 radical (unpaired) electrons. The number of amides is 1. The Kier molecular flexibility index (Phi) is 6.77. The molecule has 0 saturated carbocycles. The summed E-state index contributed by atoms with van der Waals surface area (Å²) in [5.41, 5.74) is 8.04. The molecular weight excluding hydrogens is 512 g/mol. The van der Waals surface area contributed by atoms with Crippen LogP contribution in [0.1, 0.15) is 27.4 Å². The highest BCUT2D eigenvalue weighted by atomic mass is 16.2. The van der Waals surface area contributed by atoms with Crippen LogP contribution in [0.3, 0.4) is 0 Å². The second-order valence-electron chi connectivity index (χ2n) is 11.3. The Morgan fingerprint density at radius 1 is 0.878 bits per heavy atom. The fourth-order valence-electron chi connectivity index (χ4n) is 6.22. The van der Waals surface area contributed by atoms with Crippen LogP contribution >= 0.6 is 0 Å². The van der Waals surface area contributed by atoms with Crippen molar-refractivity contribution in [2.24, 2.45) is 7.05 Å². The third kappa shape index (κ3) is 4.94. The Hall–Kier alpha value is -4.59. The number of Topliss-reactive ketones (excluding diaryl/α,β-unsaturated/α-hetero) is 1. The van der Waals surface area contributed by atoms with Gasteiger partial charge in [-0.05, 0) is 68.3 Å². The lowest BCUT2D eigenvalue weighted by atomic mass is 10.0. The maximum Gasteiger partial charge on any atom is 0.298 e. The van der Waals surface area contributed by atoms with E-state index in [0.29, 0.717) is 17.4 Å². The predicted octanol–water partition coefficient (Wildman–Crippen LogP) is 4.98. The van der Waals surface area contributed by atoms with E-state index in [1.165, 1.54) is 5.56 Å². The van der Waals surface area contributed by atoms with Gasteiger partial charge in [0.1, 0.15) is 11.5 Å². The monoisotopic (exact) mass is 548 g/mol. The Balaban J connectivity index is 1.21. The van der Waals surface area contributed by atoms with Crippen LogP contribution in [-0.2, 0) is 11.8 Å². The molecule has 6 rings (SSSR count). The van der Waals surface area contributed by atoms with Gasteiger partial charge in [-0.1, -0.05) is 30.3 Å². The normalized spacial score (nSPS) is 16.3. The molecule has 1 N–H and O–H groups in total. The van der Waals surface area contributed by atoms with E-state index in [1.807, 2.05) is 69.4 Å². The number of ketones is 1. The van der Waals surface area contributed by atoms with Crippen LogP contribution in [0.5, 0.6) is 0 Å². The van der Waals surface area contributed by atoms with Gasteiger partial charge in [0.05, 0.1) is 17.4 Å². The topological polar surface area (TPSA) is 73.7 Å². The van der Waals surface area contributed by atoms with E-state index < -0.39 is 11.7 Å². The lowest BCUT2D eigenvalue weighted by Crippen LogP contribution is -2.59. The number of fused-ring (bicyclic) bond motifs is 3. The molecular formula is C33H36N6O2. The summed E-state index contributed by atoms with van der Waals surface area (Å²) in [6.45, 7) is 9.63. The van der Waals surface area contributed by atoms with Gasteiger partial charge in [0.25, 0.3) is 11.7 Å². The molecule has 4 heterocycles. The van der Waals surface area contributed by atoms with Crippen molar-refractivity contribution in [3.8, 4) is 11.1 Å². The summed E-state index contributed by atoms with van der Waals surface area (Å²) >= 11 is 0. The largest absolute Gasteiger partial charge is 0.371 e. The zero-order valence-corrected chi connectivity index (χ0v) is 24.3. The number of aryl methyl sites for hydroxylation is 3. The zero-order valence-electron chi connectivity index (χ0n) is 24.3. The minimum Gasteiger partial charge on any atom is -0.371 e. The summed E-state index contributed by atoms with van der Waals surface area (Å²) in [5, 5.41) is 2.87. The van der Waals surface area contributed by atoms with Crippen molar-refractivity contribution in [3.63, 3.8) is 0 Å². The third-order valence-corrected chi connectivity index (χ3v) is 8.31. The van der Waals surface area contributed by atoms with E-state index in [9.17, 15) is 9.59 Å². The van der Waals surface area contributed by atoms with E-state index in [-0.39, 0.29) is 0 Å². The van der Waals surface area contributed by atoms with Gasteiger partial charge < -0.3 is 24.6 Å². The van der Waals surface area contributed by atoms with Crippen molar-refractivity contribution >= 4 is 34.6 Å². The molecule has 210 valence electrons. The first-order valence-corrected chi connectivity index (χ1v) is 14.1. The van der Waals surface area contributed by atoms with Gasteiger partial charge in [-0.2, -0.15) is 0 Å².